The number of benzene rings is 3. The Morgan fingerprint density at radius 1 is 0.925 bits per heavy atom. The van der Waals surface area contributed by atoms with Crippen molar-refractivity contribution in [3.05, 3.63) is 84.6 Å². The van der Waals surface area contributed by atoms with Gasteiger partial charge in [0.05, 0.1) is 10.4 Å². The number of para-hydroxylation sites is 1. The van der Waals surface area contributed by atoms with E-state index in [1.165, 1.54) is 25.3 Å². The molecule has 2 aliphatic rings. The average molecular weight is 556 g/mol. The maximum atomic E-state index is 13.6. The summed E-state index contributed by atoms with van der Waals surface area (Å²) in [5.41, 5.74) is 9.30. The molecule has 206 valence electrons. The van der Waals surface area contributed by atoms with Crippen LogP contribution in [-0.4, -0.2) is 61.8 Å². The summed E-state index contributed by atoms with van der Waals surface area (Å²) in [5, 5.41) is 0.902. The highest BCUT2D eigenvalue weighted by Gasteiger charge is 2.26. The van der Waals surface area contributed by atoms with Crippen molar-refractivity contribution < 1.29 is 13.2 Å². The molecule has 3 N–H and O–H groups in total. The molecule has 1 saturated carbocycles. The smallest absolute Gasteiger partial charge is 0.262 e. The maximum absolute atomic E-state index is 13.6. The fourth-order valence-corrected chi connectivity index (χ4v) is 6.82. The molecular formula is C31H33N5O3S. The number of nitrogen functional groups attached to an aromatic ring is 1. The summed E-state index contributed by atoms with van der Waals surface area (Å²) in [6.07, 6.45) is 5.69. The Labute approximate surface area is 234 Å². The lowest BCUT2D eigenvalue weighted by atomic mass is 9.85. The number of anilines is 2. The highest BCUT2D eigenvalue weighted by Crippen LogP contribution is 2.34. The van der Waals surface area contributed by atoms with Crippen LogP contribution in [0.25, 0.3) is 22.0 Å². The van der Waals surface area contributed by atoms with E-state index in [1.54, 1.807) is 42.6 Å². The Balaban J connectivity index is 1.18. The van der Waals surface area contributed by atoms with E-state index in [0.717, 1.165) is 30.9 Å². The van der Waals surface area contributed by atoms with Gasteiger partial charge in [0, 0.05) is 72.4 Å². The highest BCUT2D eigenvalue weighted by molar-refractivity contribution is 7.92. The first-order valence-corrected chi connectivity index (χ1v) is 15.2. The number of nitrogens with one attached hydrogen (secondary N) is 1. The molecule has 0 bridgehead atoms. The minimum atomic E-state index is -3.98. The summed E-state index contributed by atoms with van der Waals surface area (Å²) < 4.78 is 29.9. The summed E-state index contributed by atoms with van der Waals surface area (Å²) in [6, 6.07) is 20.8. The topological polar surface area (TPSA) is 109 Å². The molecule has 9 heteroatoms. The molecule has 6 rings (SSSR count). The van der Waals surface area contributed by atoms with Gasteiger partial charge >= 0.3 is 0 Å². The predicted molar refractivity (Wildman–Crippen MR) is 159 cm³/mol. The molecule has 3 aromatic carbocycles. The van der Waals surface area contributed by atoms with E-state index in [1.807, 2.05) is 35.2 Å². The lowest BCUT2D eigenvalue weighted by molar-refractivity contribution is 0.0591. The van der Waals surface area contributed by atoms with Crippen molar-refractivity contribution in [2.45, 2.75) is 24.2 Å². The van der Waals surface area contributed by atoms with E-state index in [0.29, 0.717) is 46.7 Å². The fraction of sp³-hybridized carbons (Fsp3) is 0.290. The number of amides is 1. The molecule has 1 aromatic heterocycles. The molecule has 4 aromatic rings. The van der Waals surface area contributed by atoms with Gasteiger partial charge in [0.2, 0.25) is 0 Å². The Bertz CT molecular complexity index is 1640. The molecule has 1 saturated heterocycles. The van der Waals surface area contributed by atoms with Gasteiger partial charge in [-0.3, -0.25) is 19.4 Å². The molecule has 1 aliphatic carbocycles. The summed E-state index contributed by atoms with van der Waals surface area (Å²) in [7, 11) is -3.98. The fourth-order valence-electron chi connectivity index (χ4n) is 5.56. The zero-order valence-corrected chi connectivity index (χ0v) is 23.1. The molecule has 0 radical (unpaired) electrons. The van der Waals surface area contributed by atoms with E-state index >= 15 is 0 Å². The van der Waals surface area contributed by atoms with Crippen molar-refractivity contribution in [2.24, 2.45) is 5.92 Å². The number of fused-ring (bicyclic) bond motifs is 1. The van der Waals surface area contributed by atoms with Crippen LogP contribution in [0.1, 0.15) is 29.6 Å². The second-order valence-corrected chi connectivity index (χ2v) is 12.4. The Hall–Kier alpha value is -3.95. The SMILES string of the molecule is Nc1ccc(S(=O)(=O)Nc2ccc(C(=O)N3CCN(CC4CCC4)CC3)cc2)c(-c2cccc3cccnc23)c1. The van der Waals surface area contributed by atoms with Gasteiger partial charge < -0.3 is 10.6 Å². The first-order chi connectivity index (χ1) is 19.4. The number of carbonyl (C=O) groups is 1. The van der Waals surface area contributed by atoms with Crippen molar-refractivity contribution in [3.8, 4) is 11.1 Å². The third-order valence-electron chi connectivity index (χ3n) is 8.00. The van der Waals surface area contributed by atoms with Crippen molar-refractivity contribution in [2.75, 3.05) is 43.2 Å². The minimum absolute atomic E-state index is 0.0259. The van der Waals surface area contributed by atoms with Crippen LogP contribution in [0, 0.1) is 5.92 Å². The van der Waals surface area contributed by atoms with Gasteiger partial charge in [-0.15, -0.1) is 0 Å². The summed E-state index contributed by atoms with van der Waals surface area (Å²) >= 11 is 0. The highest BCUT2D eigenvalue weighted by atomic mass is 32.2. The van der Waals surface area contributed by atoms with Crippen molar-refractivity contribution in [1.29, 1.82) is 0 Å². The van der Waals surface area contributed by atoms with Crippen LogP contribution in [0.2, 0.25) is 0 Å². The number of rotatable bonds is 7. The van der Waals surface area contributed by atoms with Crippen molar-refractivity contribution in [3.63, 3.8) is 0 Å². The van der Waals surface area contributed by atoms with Crippen LogP contribution in [0.4, 0.5) is 11.4 Å². The van der Waals surface area contributed by atoms with Crippen LogP contribution >= 0.6 is 0 Å². The first-order valence-electron chi connectivity index (χ1n) is 13.8. The van der Waals surface area contributed by atoms with Crippen LogP contribution in [0.5, 0.6) is 0 Å². The van der Waals surface area contributed by atoms with Gasteiger partial charge in [-0.2, -0.15) is 0 Å². The van der Waals surface area contributed by atoms with Crippen LogP contribution in [0.15, 0.2) is 83.9 Å². The maximum Gasteiger partial charge on any atom is 0.262 e. The van der Waals surface area contributed by atoms with Crippen LogP contribution in [-0.2, 0) is 10.0 Å². The predicted octanol–water partition coefficient (Wildman–Crippen LogP) is 4.84. The zero-order chi connectivity index (χ0) is 27.7. The van der Waals surface area contributed by atoms with Crippen molar-refractivity contribution in [1.82, 2.24) is 14.8 Å². The standard InChI is InChI=1S/C31H33N5O3S/c32-25-11-14-29(28(20-25)27-8-2-6-23-7-3-15-33-30(23)27)40(38,39)34-26-12-9-24(10-13-26)31(37)36-18-16-35(17-19-36)21-22-4-1-5-22/h2-3,6-15,20,22,34H,1,4-5,16-19,21,32H2. The second kappa shape index (κ2) is 10.9. The van der Waals surface area contributed by atoms with Gasteiger partial charge in [-0.05, 0) is 67.3 Å². The zero-order valence-electron chi connectivity index (χ0n) is 22.3. The quantitative estimate of drug-likeness (QED) is 0.316. The Morgan fingerprint density at radius 2 is 1.68 bits per heavy atom. The molecule has 0 atom stereocenters. The van der Waals surface area contributed by atoms with Crippen LogP contribution in [0.3, 0.4) is 0 Å². The number of nitrogens with two attached hydrogens (primary N) is 1. The molecular weight excluding hydrogens is 522 g/mol. The number of nitrogens with zero attached hydrogens (tertiary/aromatic N) is 3. The third kappa shape index (κ3) is 5.39. The number of hydrogen-bond donors (Lipinski definition) is 2. The minimum Gasteiger partial charge on any atom is -0.399 e. The largest absolute Gasteiger partial charge is 0.399 e. The van der Waals surface area contributed by atoms with E-state index in [2.05, 4.69) is 14.6 Å². The number of pyridine rings is 1. The van der Waals surface area contributed by atoms with Gasteiger partial charge in [0.25, 0.3) is 15.9 Å². The lowest BCUT2D eigenvalue weighted by Crippen LogP contribution is -2.50. The number of piperazine rings is 1. The second-order valence-electron chi connectivity index (χ2n) is 10.7. The summed E-state index contributed by atoms with van der Waals surface area (Å²) in [5.74, 6) is 0.800. The van der Waals surface area contributed by atoms with E-state index < -0.39 is 10.0 Å². The van der Waals surface area contributed by atoms with E-state index in [-0.39, 0.29) is 10.8 Å². The monoisotopic (exact) mass is 555 g/mol. The molecule has 2 fully saturated rings. The van der Waals surface area contributed by atoms with Gasteiger partial charge in [0.15, 0.2) is 0 Å². The van der Waals surface area contributed by atoms with Gasteiger partial charge in [-0.25, -0.2) is 8.42 Å². The first kappa shape index (κ1) is 26.3. The van der Waals surface area contributed by atoms with Gasteiger partial charge in [0.1, 0.15) is 0 Å². The molecule has 1 amide bonds. The molecule has 2 heterocycles. The molecule has 8 nitrogen and oxygen atoms in total. The van der Waals surface area contributed by atoms with Crippen LogP contribution < -0.4 is 10.5 Å². The molecule has 0 unspecified atom stereocenters. The van der Waals surface area contributed by atoms with Gasteiger partial charge in [-0.1, -0.05) is 30.7 Å². The Morgan fingerprint density at radius 3 is 2.40 bits per heavy atom. The number of carbonyl (C=O) groups excluding carboxylic acids is 1. The van der Waals surface area contributed by atoms with Crippen molar-refractivity contribution >= 4 is 38.2 Å². The summed E-state index contributed by atoms with van der Waals surface area (Å²) in [6.45, 7) is 4.36. The molecule has 0 spiro atoms. The molecule has 40 heavy (non-hydrogen) atoms. The number of hydrogen-bond acceptors (Lipinski definition) is 6. The Kier molecular flexibility index (Phi) is 7.16. The molecule has 1 aliphatic heterocycles. The number of aromatic nitrogens is 1. The number of sulfonamides is 1. The summed E-state index contributed by atoms with van der Waals surface area (Å²) in [4.78, 5) is 22.0. The van der Waals surface area contributed by atoms with E-state index in [9.17, 15) is 13.2 Å². The normalized spacial score (nSPS) is 16.6. The van der Waals surface area contributed by atoms with E-state index in [4.69, 9.17) is 5.73 Å². The third-order valence-corrected chi connectivity index (χ3v) is 9.44. The average Bonchev–Trinajstić information content (AvgIpc) is 2.94. The lowest BCUT2D eigenvalue weighted by Gasteiger charge is -2.38.